The van der Waals surface area contributed by atoms with Crippen LogP contribution in [0.5, 0.6) is 0 Å². The molecule has 2 aromatic rings. The molecule has 126 valence electrons. The molecule has 0 bridgehead atoms. The van der Waals surface area contributed by atoms with E-state index in [1.54, 1.807) is 11.9 Å². The van der Waals surface area contributed by atoms with Gasteiger partial charge in [-0.2, -0.15) is 10.2 Å². The zero-order valence-corrected chi connectivity index (χ0v) is 14.5. The molecule has 0 fully saturated rings. The molecule has 2 rings (SSSR count). The maximum atomic E-state index is 12.5. The molecule has 0 spiro atoms. The average molecular weight is 318 g/mol. The second-order valence-electron chi connectivity index (χ2n) is 6.10. The second-order valence-corrected chi connectivity index (χ2v) is 6.10. The van der Waals surface area contributed by atoms with Crippen LogP contribution >= 0.6 is 0 Å². The van der Waals surface area contributed by atoms with E-state index in [1.807, 2.05) is 27.7 Å². The average Bonchev–Trinajstić information content (AvgIpc) is 3.01. The van der Waals surface area contributed by atoms with Gasteiger partial charge >= 0.3 is 0 Å². The standard InChI is InChI=1S/C16H26N6O/c1-9-13(10(2)19-18-9)7-6-8-22(5)16(23)15(17)14-11(3)20-21-12(14)4/h15H,6-8,17H2,1-5H3,(H,18,19)(H,20,21). The number of likely N-dealkylation sites (N-methyl/N-ethyl adjacent to an activating group) is 1. The molecular formula is C16H26N6O. The molecular weight excluding hydrogens is 292 g/mol. The molecule has 4 N–H and O–H groups in total. The number of nitrogens with one attached hydrogen (secondary N) is 2. The fourth-order valence-corrected chi connectivity index (χ4v) is 2.92. The molecule has 2 heterocycles. The second kappa shape index (κ2) is 6.95. The fourth-order valence-electron chi connectivity index (χ4n) is 2.92. The Morgan fingerprint density at radius 3 is 2.26 bits per heavy atom. The number of rotatable bonds is 6. The first kappa shape index (κ1) is 17.2. The number of carbonyl (C=O) groups is 1. The molecule has 0 aliphatic heterocycles. The van der Waals surface area contributed by atoms with Crippen molar-refractivity contribution in [3.05, 3.63) is 33.9 Å². The van der Waals surface area contributed by atoms with Crippen LogP contribution in [0.2, 0.25) is 0 Å². The monoisotopic (exact) mass is 318 g/mol. The SMILES string of the molecule is Cc1n[nH]c(C)c1CCCN(C)C(=O)C(N)c1c(C)n[nH]c1C. The lowest BCUT2D eigenvalue weighted by molar-refractivity contribution is -0.131. The highest BCUT2D eigenvalue weighted by atomic mass is 16.2. The predicted molar refractivity (Wildman–Crippen MR) is 89.0 cm³/mol. The van der Waals surface area contributed by atoms with Crippen molar-refractivity contribution in [1.82, 2.24) is 25.3 Å². The van der Waals surface area contributed by atoms with Crippen LogP contribution in [0.3, 0.4) is 0 Å². The van der Waals surface area contributed by atoms with Gasteiger partial charge in [0.25, 0.3) is 0 Å². The van der Waals surface area contributed by atoms with Crippen molar-refractivity contribution in [2.45, 2.75) is 46.6 Å². The number of aryl methyl sites for hydroxylation is 4. The zero-order valence-electron chi connectivity index (χ0n) is 14.5. The minimum atomic E-state index is -0.670. The van der Waals surface area contributed by atoms with Crippen molar-refractivity contribution in [3.63, 3.8) is 0 Å². The highest BCUT2D eigenvalue weighted by molar-refractivity contribution is 5.83. The Morgan fingerprint density at radius 2 is 1.74 bits per heavy atom. The lowest BCUT2D eigenvalue weighted by atomic mass is 10.0. The lowest BCUT2D eigenvalue weighted by Crippen LogP contribution is -2.37. The predicted octanol–water partition coefficient (Wildman–Crippen LogP) is 1.46. The van der Waals surface area contributed by atoms with Crippen LogP contribution in [0.15, 0.2) is 0 Å². The Morgan fingerprint density at radius 1 is 1.13 bits per heavy atom. The first-order valence-corrected chi connectivity index (χ1v) is 7.85. The molecule has 0 radical (unpaired) electrons. The smallest absolute Gasteiger partial charge is 0.243 e. The van der Waals surface area contributed by atoms with Crippen molar-refractivity contribution in [2.75, 3.05) is 13.6 Å². The summed E-state index contributed by atoms with van der Waals surface area (Å²) in [6.45, 7) is 8.41. The Kier molecular flexibility index (Phi) is 5.20. The van der Waals surface area contributed by atoms with Crippen LogP contribution in [-0.2, 0) is 11.2 Å². The number of hydrogen-bond acceptors (Lipinski definition) is 4. The van der Waals surface area contributed by atoms with Crippen LogP contribution in [0.1, 0.15) is 46.4 Å². The van der Waals surface area contributed by atoms with Gasteiger partial charge in [0.2, 0.25) is 5.91 Å². The molecule has 0 aliphatic rings. The van der Waals surface area contributed by atoms with Gasteiger partial charge in [-0.05, 0) is 46.1 Å². The number of H-pyrrole nitrogens is 2. The van der Waals surface area contributed by atoms with Crippen LogP contribution in [-0.4, -0.2) is 44.8 Å². The summed E-state index contributed by atoms with van der Waals surface area (Å²) in [6, 6.07) is -0.670. The van der Waals surface area contributed by atoms with E-state index in [9.17, 15) is 4.79 Å². The third-order valence-electron chi connectivity index (χ3n) is 4.34. The van der Waals surface area contributed by atoms with Gasteiger partial charge in [-0.1, -0.05) is 0 Å². The molecule has 0 aliphatic carbocycles. The Hall–Kier alpha value is -2.15. The molecule has 2 aromatic heterocycles. The van der Waals surface area contributed by atoms with Gasteiger partial charge in [0.05, 0.1) is 11.4 Å². The number of aromatic amines is 2. The molecule has 23 heavy (non-hydrogen) atoms. The minimum absolute atomic E-state index is 0.0850. The summed E-state index contributed by atoms with van der Waals surface area (Å²) in [4.78, 5) is 14.2. The van der Waals surface area contributed by atoms with E-state index >= 15 is 0 Å². The summed E-state index contributed by atoms with van der Waals surface area (Å²) in [7, 11) is 1.79. The van der Waals surface area contributed by atoms with Crippen LogP contribution < -0.4 is 5.73 Å². The lowest BCUT2D eigenvalue weighted by Gasteiger charge is -2.21. The number of nitrogens with zero attached hydrogens (tertiary/aromatic N) is 3. The highest BCUT2D eigenvalue weighted by Crippen LogP contribution is 2.19. The van der Waals surface area contributed by atoms with Crippen molar-refractivity contribution in [2.24, 2.45) is 5.73 Å². The van der Waals surface area contributed by atoms with Crippen molar-refractivity contribution in [1.29, 1.82) is 0 Å². The van der Waals surface area contributed by atoms with Gasteiger partial charge in [0.1, 0.15) is 6.04 Å². The summed E-state index contributed by atoms with van der Waals surface area (Å²) in [5.74, 6) is -0.0850. The molecule has 7 heteroatoms. The van der Waals surface area contributed by atoms with Crippen LogP contribution in [0.4, 0.5) is 0 Å². The van der Waals surface area contributed by atoms with E-state index < -0.39 is 6.04 Å². The van der Waals surface area contributed by atoms with Gasteiger partial charge in [-0.25, -0.2) is 0 Å². The molecule has 1 unspecified atom stereocenters. The van der Waals surface area contributed by atoms with Crippen LogP contribution in [0.25, 0.3) is 0 Å². The minimum Gasteiger partial charge on any atom is -0.344 e. The third kappa shape index (κ3) is 3.61. The molecule has 7 nitrogen and oxygen atoms in total. The molecule has 0 aromatic carbocycles. The van der Waals surface area contributed by atoms with E-state index in [1.165, 1.54) is 5.56 Å². The fraction of sp³-hybridized carbons (Fsp3) is 0.562. The number of amides is 1. The number of hydrogen-bond donors (Lipinski definition) is 3. The third-order valence-corrected chi connectivity index (χ3v) is 4.34. The Bertz CT molecular complexity index is 648. The van der Waals surface area contributed by atoms with Crippen LogP contribution in [0, 0.1) is 27.7 Å². The molecule has 0 saturated carbocycles. The van der Waals surface area contributed by atoms with E-state index in [-0.39, 0.29) is 5.91 Å². The molecule has 1 atom stereocenters. The van der Waals surface area contributed by atoms with Crippen molar-refractivity contribution >= 4 is 5.91 Å². The van der Waals surface area contributed by atoms with E-state index in [2.05, 4.69) is 20.4 Å². The number of nitrogens with two attached hydrogens (primary N) is 1. The summed E-state index contributed by atoms with van der Waals surface area (Å²) in [5, 5.41) is 14.2. The first-order chi connectivity index (χ1) is 10.8. The number of aromatic nitrogens is 4. The topological polar surface area (TPSA) is 104 Å². The quantitative estimate of drug-likeness (QED) is 0.750. The first-order valence-electron chi connectivity index (χ1n) is 7.85. The zero-order chi connectivity index (χ0) is 17.1. The van der Waals surface area contributed by atoms with E-state index in [4.69, 9.17) is 5.73 Å². The van der Waals surface area contributed by atoms with Gasteiger partial charge in [-0.15, -0.1) is 0 Å². The Labute approximate surface area is 136 Å². The highest BCUT2D eigenvalue weighted by Gasteiger charge is 2.24. The summed E-state index contributed by atoms with van der Waals surface area (Å²) in [5.41, 5.74) is 11.9. The van der Waals surface area contributed by atoms with E-state index in [0.29, 0.717) is 6.54 Å². The molecule has 0 saturated heterocycles. The van der Waals surface area contributed by atoms with Crippen molar-refractivity contribution in [3.8, 4) is 0 Å². The maximum Gasteiger partial charge on any atom is 0.243 e. The van der Waals surface area contributed by atoms with Gasteiger partial charge in [0.15, 0.2) is 0 Å². The summed E-state index contributed by atoms with van der Waals surface area (Å²) in [6.07, 6.45) is 1.77. The van der Waals surface area contributed by atoms with E-state index in [0.717, 1.165) is 41.2 Å². The Balaban J connectivity index is 1.93. The van der Waals surface area contributed by atoms with Gasteiger partial charge in [-0.3, -0.25) is 15.0 Å². The van der Waals surface area contributed by atoms with Gasteiger partial charge < -0.3 is 10.6 Å². The molecule has 1 amide bonds. The van der Waals surface area contributed by atoms with Crippen molar-refractivity contribution < 1.29 is 4.79 Å². The number of carbonyl (C=O) groups excluding carboxylic acids is 1. The van der Waals surface area contributed by atoms with Gasteiger partial charge in [0, 0.05) is 30.5 Å². The summed E-state index contributed by atoms with van der Waals surface area (Å²) >= 11 is 0. The largest absolute Gasteiger partial charge is 0.344 e. The maximum absolute atomic E-state index is 12.5. The summed E-state index contributed by atoms with van der Waals surface area (Å²) < 4.78 is 0. The normalized spacial score (nSPS) is 12.4.